The van der Waals surface area contributed by atoms with Crippen LogP contribution in [0, 0.1) is 0 Å². The summed E-state index contributed by atoms with van der Waals surface area (Å²) in [4.78, 5) is 239. The van der Waals surface area contributed by atoms with Crippen LogP contribution in [-0.4, -0.2) is 257 Å². The second kappa shape index (κ2) is 52.8. The highest BCUT2D eigenvalue weighted by molar-refractivity contribution is 7.80. The second-order valence-corrected chi connectivity index (χ2v) is 30.4. The van der Waals surface area contributed by atoms with Gasteiger partial charge < -0.3 is 134 Å². The number of hydrogen-bond acceptors (Lipinski definition) is 25. The van der Waals surface area contributed by atoms with Crippen LogP contribution in [0.15, 0.2) is 116 Å². The molecule has 126 heavy (non-hydrogen) atoms. The number of aliphatic hydroxyl groups excluding tert-OH is 1. The van der Waals surface area contributed by atoms with Crippen LogP contribution in [0.3, 0.4) is 0 Å². The molecule has 0 unspecified atom stereocenters. The predicted molar refractivity (Wildman–Crippen MR) is 467 cm³/mol. The number of primary amides is 3. The van der Waals surface area contributed by atoms with Crippen molar-refractivity contribution in [3.8, 4) is 5.75 Å². The van der Waals surface area contributed by atoms with Crippen LogP contribution in [0.25, 0.3) is 21.8 Å². The Bertz CT molecular complexity index is 4730. The molecule has 4 aromatic carbocycles. The zero-order valence-electron chi connectivity index (χ0n) is 69.6. The normalized spacial score (nSPS) is 14.2. The molecule has 13 atom stereocenters. The molecule has 0 aliphatic heterocycles. The molecule has 0 saturated heterocycles. The number of benzene rings is 4. The van der Waals surface area contributed by atoms with Gasteiger partial charge in [0.15, 0.2) is 0 Å². The smallest absolute Gasteiger partial charge is 0.246 e. The van der Waals surface area contributed by atoms with Crippen molar-refractivity contribution < 1.29 is 96.5 Å². The largest absolute Gasteiger partial charge is 0.508 e. The van der Waals surface area contributed by atoms with Gasteiger partial charge in [-0.15, -0.1) is 0 Å². The molecule has 0 bridgehead atoms. The van der Waals surface area contributed by atoms with E-state index in [9.17, 15) is 82.1 Å². The number of ether oxygens (including phenoxy) is 1. The van der Waals surface area contributed by atoms with E-state index in [1.165, 1.54) is 30.5 Å². The number of H-pyrrole nitrogens is 2. The molecule has 44 heteroatoms. The number of unbranched alkanes of at least 4 members (excludes halogenated alkanes) is 1. The number of phenols is 1. The Balaban J connectivity index is 1.22. The van der Waals surface area contributed by atoms with E-state index >= 15 is 9.59 Å². The van der Waals surface area contributed by atoms with Crippen molar-refractivity contribution >= 4 is 147 Å². The number of nitrogens with two attached hydrogens (primary N) is 6. The third kappa shape index (κ3) is 34.1. The van der Waals surface area contributed by atoms with Gasteiger partial charge in [0, 0.05) is 104 Å². The number of aliphatic hydroxyl groups is 1. The van der Waals surface area contributed by atoms with Crippen LogP contribution in [-0.2, 0) is 112 Å². The minimum atomic E-state index is -1.92. The summed E-state index contributed by atoms with van der Waals surface area (Å²) in [6.45, 7) is 0.780. The Morgan fingerprint density at radius 1 is 0.413 bits per heavy atom. The van der Waals surface area contributed by atoms with E-state index in [1.807, 2.05) is 0 Å². The summed E-state index contributed by atoms with van der Waals surface area (Å²) >= 11 is 8.48. The summed E-state index contributed by atoms with van der Waals surface area (Å²) in [5, 5.41) is 57.9. The van der Waals surface area contributed by atoms with Crippen LogP contribution in [0.1, 0.15) is 93.9 Å². The predicted octanol–water partition coefficient (Wildman–Crippen LogP) is -6.20. The van der Waals surface area contributed by atoms with Crippen molar-refractivity contribution in [2.24, 2.45) is 34.4 Å². The summed E-state index contributed by atoms with van der Waals surface area (Å²) < 4.78 is 5.33. The van der Waals surface area contributed by atoms with Gasteiger partial charge in [0.1, 0.15) is 84.9 Å². The lowest BCUT2D eigenvalue weighted by atomic mass is 10.0. The van der Waals surface area contributed by atoms with Gasteiger partial charge >= 0.3 is 0 Å². The van der Waals surface area contributed by atoms with E-state index in [4.69, 9.17) is 39.1 Å². The van der Waals surface area contributed by atoms with Gasteiger partial charge in [0.2, 0.25) is 100 Å². The fourth-order valence-electron chi connectivity index (χ4n) is 13.1. The average Bonchev–Trinajstić information content (AvgIpc) is 1.51. The maximum absolute atomic E-state index is 15.2. The molecule has 0 aliphatic carbocycles. The maximum Gasteiger partial charge on any atom is 0.246 e. The number of nitrogens with one attached hydrogen (secondary N) is 16. The van der Waals surface area contributed by atoms with E-state index in [0.717, 1.165) is 13.8 Å². The van der Waals surface area contributed by atoms with Crippen LogP contribution in [0.5, 0.6) is 5.75 Å². The molecule has 0 radical (unpaired) electrons. The van der Waals surface area contributed by atoms with Gasteiger partial charge in [-0.1, -0.05) is 78.9 Å². The number of amides is 17. The lowest BCUT2D eigenvalue weighted by Crippen LogP contribution is -2.62. The maximum atomic E-state index is 15.2. The Morgan fingerprint density at radius 2 is 0.817 bits per heavy atom. The van der Waals surface area contributed by atoms with Crippen LogP contribution in [0.2, 0.25) is 0 Å². The number of hydrogen-bond donors (Lipinski definition) is 26. The molecule has 0 aliphatic rings. The molecule has 30 N–H and O–H groups in total. The molecule has 2 aromatic heterocycles. The summed E-state index contributed by atoms with van der Waals surface area (Å²) in [7, 11) is 0. The van der Waals surface area contributed by atoms with Crippen molar-refractivity contribution in [2.45, 2.75) is 176 Å². The molecule has 6 rings (SSSR count). The SMILES string of the molecule is CC(=O)N[C@@H](CS)C(=O)N[C@@H](CCC(N)=O)C(=O)N[C@H](C(=O)N[C@@H](Cc1c[nH]c2ccccc12)C(=O)N[C@@H](CCC(N)=O)C(=O)N[C@@H](CS)C(=O)N[C@@H](Cc1ccc(O)cc1)C(=O)N[C@@H](Cc1c[nH]c2ccccc12)C(=O)N[C@@H](CCCN)C(=O)N[C@@H](CN)C(=O)N[C@@H](Cc1ccccc1)C(=O)NCC(=O)NCCOCC(=O)N[C@H](CCCCN)C(N)=O)[C@@H](C)O. The molecule has 0 spiro atoms. The number of thiol groups is 2. The van der Waals surface area contributed by atoms with E-state index in [2.05, 4.69) is 110 Å². The lowest BCUT2D eigenvalue weighted by molar-refractivity contribution is -0.137. The third-order valence-corrected chi connectivity index (χ3v) is 20.5. The van der Waals surface area contributed by atoms with Crippen molar-refractivity contribution in [2.75, 3.05) is 57.4 Å². The first-order valence-corrected chi connectivity index (χ1v) is 41.9. The first-order valence-electron chi connectivity index (χ1n) is 40.7. The Morgan fingerprint density at radius 3 is 1.29 bits per heavy atom. The number of phenolic OH excluding ortho intramolecular Hbond substituents is 1. The monoisotopic (exact) mass is 1790 g/mol. The number of aromatic hydroxyl groups is 1. The quantitative estimate of drug-likeness (QED) is 0.0125. The first kappa shape index (κ1) is 102. The summed E-state index contributed by atoms with van der Waals surface area (Å²) in [6, 6.07) is 9.01. The van der Waals surface area contributed by atoms with Crippen LogP contribution in [0.4, 0.5) is 0 Å². The summed E-state index contributed by atoms with van der Waals surface area (Å²) in [5.74, 6) is -16.7. The van der Waals surface area contributed by atoms with Gasteiger partial charge in [-0.05, 0) is 111 Å². The molecule has 0 fully saturated rings. The summed E-state index contributed by atoms with van der Waals surface area (Å²) in [6.07, 6.45) is -0.388. The molecular formula is C82H114N22O20S2. The van der Waals surface area contributed by atoms with Gasteiger partial charge in [-0.25, -0.2) is 0 Å². The molecule has 0 saturated carbocycles. The molecule has 17 amide bonds. The minimum Gasteiger partial charge on any atom is -0.508 e. The van der Waals surface area contributed by atoms with Crippen molar-refractivity contribution in [3.05, 3.63) is 138 Å². The highest BCUT2D eigenvalue weighted by Crippen LogP contribution is 2.23. The molecular weight excluding hydrogens is 1680 g/mol. The highest BCUT2D eigenvalue weighted by atomic mass is 32.1. The van der Waals surface area contributed by atoms with Crippen molar-refractivity contribution in [3.63, 3.8) is 0 Å². The first-order chi connectivity index (χ1) is 60.1. The average molecular weight is 1790 g/mol. The molecule has 684 valence electrons. The topological polar surface area (TPSA) is 696 Å². The van der Waals surface area contributed by atoms with E-state index < -0.39 is 230 Å². The Labute approximate surface area is 736 Å². The number of fused-ring (bicyclic) bond motifs is 2. The van der Waals surface area contributed by atoms with Gasteiger partial charge in [-0.3, -0.25) is 81.5 Å². The van der Waals surface area contributed by atoms with Crippen molar-refractivity contribution in [1.82, 2.24) is 84.4 Å². The Hall–Kier alpha value is -12.7. The van der Waals surface area contributed by atoms with E-state index in [1.54, 1.807) is 85.1 Å². The number of carbonyl (C=O) groups is 17. The fraction of sp³-hybridized carbons (Fsp3) is 0.451. The highest BCUT2D eigenvalue weighted by Gasteiger charge is 2.39. The van der Waals surface area contributed by atoms with Crippen LogP contribution < -0.4 is 109 Å². The number of aromatic amines is 2. The molecule has 42 nitrogen and oxygen atoms in total. The number of carbonyl (C=O) groups excluding carboxylic acids is 17. The number of para-hydroxylation sites is 2. The van der Waals surface area contributed by atoms with Crippen molar-refractivity contribution in [1.29, 1.82) is 0 Å². The number of aromatic nitrogens is 2. The number of rotatable bonds is 56. The van der Waals surface area contributed by atoms with E-state index in [-0.39, 0.29) is 76.1 Å². The minimum absolute atomic E-state index is 0.00982. The summed E-state index contributed by atoms with van der Waals surface area (Å²) in [5.41, 5.74) is 37.0. The lowest BCUT2D eigenvalue weighted by Gasteiger charge is -2.29. The molecule has 6 aromatic rings. The van der Waals surface area contributed by atoms with Gasteiger partial charge in [0.05, 0.1) is 19.3 Å². The third-order valence-electron chi connectivity index (χ3n) is 19.8. The van der Waals surface area contributed by atoms with Gasteiger partial charge in [-0.2, -0.15) is 25.3 Å². The van der Waals surface area contributed by atoms with Gasteiger partial charge in [0.25, 0.3) is 0 Å². The van der Waals surface area contributed by atoms with E-state index in [0.29, 0.717) is 63.4 Å². The zero-order valence-corrected chi connectivity index (χ0v) is 71.4. The standard InChI is InChI=1S/C82H114N22O20S2/c1-44(105)70(104-75(116)58(26-28-67(87)109)97-80(121)64(42-125)93-45(2)106)82(123)101-62(36-49-39-91-54-18-9-7-16-52(49)54)78(119)96-57(25-27-66(86)108)74(115)103-65(43-126)81(122)99-60(34-47-21-23-50(107)24-22-47)76(117)100-61(35-48-38-90-53-17-8-6-15-51(48)53)77(118)95-56(20-12-30-84)73(114)102-63(37-85)79(120)98-59(33-46-13-4-3-5-14-46)72(113)92-40-68(110)89-31-32-124-41-69(111)94-55(71(88)112)19-10-11-29-83/h3-9,13-18,21-24,38-39,44,55-65,70,90-91,105,107,125-126H,10-12,19-20,25-37,40-43,83-85H2,1-2H3,(H2,86,108)(H2,87,109)(H2,88,112)(H,89,110)(H,92,113)(H,93,106)(H,94,111)(H,95,118)(H,96,119)(H,97,121)(H,98,120)(H,99,122)(H,100,117)(H,101,123)(H,102,114)(H,103,115)(H,104,116)/t44-,55-,56+,57+,58+,59+,60+,61+,62+,63+,64+,65+,70+/m1/s1. The Kier molecular flexibility index (Phi) is 42.7. The fourth-order valence-corrected chi connectivity index (χ4v) is 13.6. The molecule has 2 heterocycles. The van der Waals surface area contributed by atoms with Crippen LogP contribution >= 0.6 is 25.3 Å². The second-order valence-electron chi connectivity index (χ2n) is 29.7. The zero-order chi connectivity index (χ0) is 92.5.